The lowest BCUT2D eigenvalue weighted by Gasteiger charge is -2.34. The Bertz CT molecular complexity index is 1610. The second kappa shape index (κ2) is 20.3. The van der Waals surface area contributed by atoms with Gasteiger partial charge in [0.25, 0.3) is 5.91 Å². The maximum Gasteiger partial charge on any atom is 0.407 e. The van der Waals surface area contributed by atoms with Gasteiger partial charge < -0.3 is 36.0 Å². The van der Waals surface area contributed by atoms with E-state index in [9.17, 15) is 38.7 Å². The number of rotatable bonds is 17. The summed E-state index contributed by atoms with van der Waals surface area (Å²) in [5.41, 5.74) is 1.26. The van der Waals surface area contributed by atoms with Gasteiger partial charge in [0.2, 0.25) is 23.5 Å². The Morgan fingerprint density at radius 3 is 2.13 bits per heavy atom. The molecule has 54 heavy (non-hydrogen) atoms. The number of amides is 5. The molecule has 292 valence electrons. The van der Waals surface area contributed by atoms with E-state index in [4.69, 9.17) is 4.74 Å². The smallest absolute Gasteiger partial charge is 0.407 e. The molecule has 1 heterocycles. The number of nitrogens with one attached hydrogen (secondary N) is 4. The molecule has 2 aromatic carbocycles. The van der Waals surface area contributed by atoms with E-state index in [1.807, 2.05) is 44.2 Å². The molecule has 1 aliphatic heterocycles. The van der Waals surface area contributed by atoms with Crippen LogP contribution >= 0.6 is 0 Å². The third-order valence-corrected chi connectivity index (χ3v) is 9.89. The first-order valence-corrected chi connectivity index (χ1v) is 18.9. The van der Waals surface area contributed by atoms with Crippen molar-refractivity contribution in [1.82, 2.24) is 26.2 Å². The molecule has 0 radical (unpaired) electrons. The Kier molecular flexibility index (Phi) is 15.6. The van der Waals surface area contributed by atoms with Gasteiger partial charge in [0, 0.05) is 12.5 Å². The van der Waals surface area contributed by atoms with Crippen molar-refractivity contribution in [2.75, 3.05) is 19.7 Å². The van der Waals surface area contributed by atoms with Crippen molar-refractivity contribution < 1.29 is 43.4 Å². The van der Waals surface area contributed by atoms with Crippen LogP contribution in [0.15, 0.2) is 60.7 Å². The van der Waals surface area contributed by atoms with E-state index in [0.717, 1.165) is 37.7 Å². The quantitative estimate of drug-likeness (QED) is 0.150. The number of hydrogen-bond donors (Lipinski definition) is 5. The predicted molar refractivity (Wildman–Crippen MR) is 199 cm³/mol. The molecule has 4 rings (SSSR count). The molecule has 1 saturated heterocycles. The van der Waals surface area contributed by atoms with Crippen molar-refractivity contribution in [1.29, 1.82) is 0 Å². The summed E-state index contributed by atoms with van der Waals surface area (Å²) in [7, 11) is 0. The second-order valence-electron chi connectivity index (χ2n) is 14.5. The fraction of sp³-hybridized carbons (Fsp3) is 0.525. The molecule has 5 N–H and O–H groups in total. The number of Topliss-reactive ketones (excluding diaryl/α,β-unsaturated/α-hetero) is 1. The standard InChI is InChI=1S/C40H53N5O9/c1-4-14-30(35(47)37(49)41-22-32(46)43-34(39(51)52)28-19-12-7-13-20-28)42-36(48)31-21-29(26-15-8-5-9-16-26)23-45(31)38(50)33(27-17-10-6-11-18-27)44-40(53)54-24-25(2)3/h5,7-9,12-13,15-16,19-20,25,27,29-31,33-34H,4,6,10-11,14,17-18,21-24H2,1-3H3,(H,41,49)(H,42,48)(H,43,46)(H,44,53)(H,51,52). The maximum atomic E-state index is 14.5. The molecule has 0 bridgehead atoms. The first kappa shape index (κ1) is 41.5. The molecule has 0 spiro atoms. The summed E-state index contributed by atoms with van der Waals surface area (Å²) >= 11 is 0. The number of carbonyl (C=O) groups is 7. The topological polar surface area (TPSA) is 200 Å². The summed E-state index contributed by atoms with van der Waals surface area (Å²) < 4.78 is 5.39. The molecule has 2 aromatic rings. The van der Waals surface area contributed by atoms with E-state index >= 15 is 0 Å². The van der Waals surface area contributed by atoms with Crippen LogP contribution in [-0.2, 0) is 33.5 Å². The minimum absolute atomic E-state index is 0.0971. The molecule has 0 aromatic heterocycles. The van der Waals surface area contributed by atoms with E-state index in [0.29, 0.717) is 12.0 Å². The Balaban J connectivity index is 1.49. The van der Waals surface area contributed by atoms with Crippen LogP contribution < -0.4 is 21.3 Å². The highest BCUT2D eigenvalue weighted by molar-refractivity contribution is 6.38. The van der Waals surface area contributed by atoms with Crippen LogP contribution in [0.3, 0.4) is 0 Å². The maximum absolute atomic E-state index is 14.5. The van der Waals surface area contributed by atoms with Crippen LogP contribution in [0, 0.1) is 11.8 Å². The van der Waals surface area contributed by atoms with Crippen LogP contribution in [-0.4, -0.2) is 89.3 Å². The van der Waals surface area contributed by atoms with Gasteiger partial charge in [-0.3, -0.25) is 24.0 Å². The summed E-state index contributed by atoms with van der Waals surface area (Å²) in [6, 6.07) is 13.0. The number of likely N-dealkylation sites (tertiary alicyclic amines) is 1. The zero-order chi connectivity index (χ0) is 39.2. The molecule has 5 atom stereocenters. The summed E-state index contributed by atoms with van der Waals surface area (Å²) in [6.07, 6.45) is 4.40. The molecular weight excluding hydrogens is 694 g/mol. The third kappa shape index (κ3) is 11.6. The fourth-order valence-electron chi connectivity index (χ4n) is 7.11. The number of carboxylic acid groups (broad SMARTS) is 1. The highest BCUT2D eigenvalue weighted by Gasteiger charge is 2.45. The zero-order valence-electron chi connectivity index (χ0n) is 31.3. The lowest BCUT2D eigenvalue weighted by molar-refractivity contribution is -0.144. The van der Waals surface area contributed by atoms with Crippen molar-refractivity contribution in [2.45, 2.75) is 102 Å². The van der Waals surface area contributed by atoms with Gasteiger partial charge in [-0.1, -0.05) is 107 Å². The number of nitrogens with zero attached hydrogens (tertiary/aromatic N) is 1. The van der Waals surface area contributed by atoms with Gasteiger partial charge in [0.15, 0.2) is 6.04 Å². The zero-order valence-corrected chi connectivity index (χ0v) is 31.3. The van der Waals surface area contributed by atoms with Gasteiger partial charge in [0.05, 0.1) is 19.2 Å². The first-order chi connectivity index (χ1) is 25.9. The van der Waals surface area contributed by atoms with Crippen LogP contribution in [0.2, 0.25) is 0 Å². The number of carbonyl (C=O) groups excluding carboxylic acids is 6. The largest absolute Gasteiger partial charge is 0.479 e. The number of hydrogen-bond acceptors (Lipinski definition) is 8. The summed E-state index contributed by atoms with van der Waals surface area (Å²) in [6.45, 7) is 5.32. The van der Waals surface area contributed by atoms with Crippen molar-refractivity contribution in [2.24, 2.45) is 11.8 Å². The van der Waals surface area contributed by atoms with Gasteiger partial charge in [0.1, 0.15) is 12.1 Å². The van der Waals surface area contributed by atoms with E-state index in [1.165, 1.54) is 17.0 Å². The van der Waals surface area contributed by atoms with Crippen molar-refractivity contribution in [3.8, 4) is 0 Å². The van der Waals surface area contributed by atoms with Gasteiger partial charge in [-0.05, 0) is 48.6 Å². The van der Waals surface area contributed by atoms with Crippen LogP contribution in [0.5, 0.6) is 0 Å². The van der Waals surface area contributed by atoms with Gasteiger partial charge in [-0.25, -0.2) is 9.59 Å². The average molecular weight is 748 g/mol. The van der Waals surface area contributed by atoms with Gasteiger partial charge >= 0.3 is 12.1 Å². The molecule has 5 unspecified atom stereocenters. The molecule has 1 saturated carbocycles. The SMILES string of the molecule is CCCC(NC(=O)C1CC(c2ccccc2)CN1C(=O)C(NC(=O)OCC(C)C)C1CCCCC1)C(=O)C(=O)NCC(=O)NC(C(=O)O)c1ccccc1. The van der Waals surface area contributed by atoms with E-state index in [-0.39, 0.29) is 43.7 Å². The molecule has 14 heteroatoms. The Hall–Kier alpha value is -5.27. The molecule has 5 amide bonds. The highest BCUT2D eigenvalue weighted by Crippen LogP contribution is 2.35. The Morgan fingerprint density at radius 1 is 0.870 bits per heavy atom. The summed E-state index contributed by atoms with van der Waals surface area (Å²) in [5.74, 6) is -5.52. The number of alkyl carbamates (subject to hydrolysis) is 1. The van der Waals surface area contributed by atoms with Crippen LogP contribution in [0.1, 0.15) is 95.2 Å². The average Bonchev–Trinajstić information content (AvgIpc) is 3.63. The van der Waals surface area contributed by atoms with Crippen molar-refractivity contribution in [3.63, 3.8) is 0 Å². The van der Waals surface area contributed by atoms with E-state index in [1.54, 1.807) is 25.1 Å². The second-order valence-corrected chi connectivity index (χ2v) is 14.5. The molecule has 1 aliphatic carbocycles. The molecular formula is C40H53N5O9. The number of aliphatic carboxylic acids is 1. The number of benzene rings is 2. The highest BCUT2D eigenvalue weighted by atomic mass is 16.5. The van der Waals surface area contributed by atoms with Crippen molar-refractivity contribution >= 4 is 41.5 Å². The first-order valence-electron chi connectivity index (χ1n) is 18.9. The third-order valence-electron chi connectivity index (χ3n) is 9.89. The number of ketones is 1. The van der Waals surface area contributed by atoms with Gasteiger partial charge in [-0.2, -0.15) is 0 Å². The predicted octanol–water partition coefficient (Wildman–Crippen LogP) is 3.61. The molecule has 14 nitrogen and oxygen atoms in total. The number of ether oxygens (including phenoxy) is 1. The van der Waals surface area contributed by atoms with Crippen LogP contribution in [0.25, 0.3) is 0 Å². The minimum Gasteiger partial charge on any atom is -0.479 e. The lowest BCUT2D eigenvalue weighted by Crippen LogP contribution is -2.58. The Labute approximate surface area is 316 Å². The van der Waals surface area contributed by atoms with Gasteiger partial charge in [-0.15, -0.1) is 0 Å². The molecule has 2 aliphatic rings. The lowest BCUT2D eigenvalue weighted by atomic mass is 9.83. The normalized spacial score (nSPS) is 18.9. The Morgan fingerprint density at radius 2 is 1.52 bits per heavy atom. The molecule has 2 fully saturated rings. The summed E-state index contributed by atoms with van der Waals surface area (Å²) in [4.78, 5) is 93.8. The monoisotopic (exact) mass is 747 g/mol. The number of carboxylic acids is 1. The van der Waals surface area contributed by atoms with E-state index < -0.39 is 72.2 Å². The fourth-order valence-corrected chi connectivity index (χ4v) is 7.11. The van der Waals surface area contributed by atoms with E-state index in [2.05, 4.69) is 21.3 Å². The summed E-state index contributed by atoms with van der Waals surface area (Å²) in [5, 5.41) is 19.7. The van der Waals surface area contributed by atoms with Crippen molar-refractivity contribution in [3.05, 3.63) is 71.8 Å². The minimum atomic E-state index is -1.37. The van der Waals surface area contributed by atoms with Crippen LogP contribution in [0.4, 0.5) is 4.79 Å².